The summed E-state index contributed by atoms with van der Waals surface area (Å²) in [5, 5.41) is 0. The average Bonchev–Trinajstić information content (AvgIpc) is 3.41. The van der Waals surface area contributed by atoms with Crippen LogP contribution in [-0.4, -0.2) is 66.0 Å². The maximum atomic E-state index is 12.6. The zero-order valence-electron chi connectivity index (χ0n) is 18.3. The van der Waals surface area contributed by atoms with Gasteiger partial charge in [-0.15, -0.1) is 0 Å². The highest BCUT2D eigenvalue weighted by Gasteiger charge is 2.28. The van der Waals surface area contributed by atoms with E-state index >= 15 is 0 Å². The second-order valence-corrected chi connectivity index (χ2v) is 8.57. The van der Waals surface area contributed by atoms with Crippen molar-refractivity contribution in [1.29, 1.82) is 0 Å². The second kappa shape index (κ2) is 10.1. The van der Waals surface area contributed by atoms with E-state index in [4.69, 9.17) is 9.72 Å². The number of aromatic nitrogens is 1. The number of ether oxygens (including phenoxy) is 1. The lowest BCUT2D eigenvalue weighted by Gasteiger charge is -2.18. The Hall–Kier alpha value is -2.73. The summed E-state index contributed by atoms with van der Waals surface area (Å²) in [6, 6.07) is 14.8. The van der Waals surface area contributed by atoms with Crippen molar-refractivity contribution in [3.05, 3.63) is 65.0 Å². The van der Waals surface area contributed by atoms with Gasteiger partial charge in [0.15, 0.2) is 0 Å². The topological polar surface area (TPSA) is 62.7 Å². The highest BCUT2D eigenvalue weighted by Crippen LogP contribution is 2.27. The van der Waals surface area contributed by atoms with Crippen LogP contribution < -0.4 is 0 Å². The number of nitrogens with zero attached hydrogens (tertiary/aromatic N) is 3. The van der Waals surface area contributed by atoms with E-state index in [0.29, 0.717) is 26.1 Å². The summed E-state index contributed by atoms with van der Waals surface area (Å²) in [6.07, 6.45) is 3.37. The molecule has 164 valence electrons. The summed E-state index contributed by atoms with van der Waals surface area (Å²) in [4.78, 5) is 32.6. The van der Waals surface area contributed by atoms with E-state index in [1.807, 2.05) is 22.8 Å². The molecule has 2 saturated heterocycles. The third-order valence-corrected chi connectivity index (χ3v) is 6.15. The van der Waals surface area contributed by atoms with Crippen molar-refractivity contribution in [2.75, 3.05) is 39.4 Å². The number of hydrogen-bond donors (Lipinski definition) is 0. The molecule has 3 heterocycles. The van der Waals surface area contributed by atoms with Crippen LogP contribution in [0.3, 0.4) is 0 Å². The van der Waals surface area contributed by atoms with E-state index in [-0.39, 0.29) is 24.3 Å². The van der Waals surface area contributed by atoms with Gasteiger partial charge in [0.05, 0.1) is 6.61 Å². The molecule has 0 unspecified atom stereocenters. The molecule has 0 spiro atoms. The van der Waals surface area contributed by atoms with Crippen LogP contribution in [0, 0.1) is 6.92 Å². The van der Waals surface area contributed by atoms with Crippen molar-refractivity contribution in [1.82, 2.24) is 14.8 Å². The third-order valence-electron chi connectivity index (χ3n) is 6.15. The Balaban J connectivity index is 1.28. The lowest BCUT2D eigenvalue weighted by atomic mass is 9.98. The number of aryl methyl sites for hydroxylation is 1. The Bertz CT molecular complexity index is 915. The van der Waals surface area contributed by atoms with Gasteiger partial charge in [0, 0.05) is 49.9 Å². The number of benzene rings is 1. The smallest absolute Gasteiger partial charge is 0.248 e. The van der Waals surface area contributed by atoms with Gasteiger partial charge in [0.1, 0.15) is 6.61 Å². The molecule has 2 aliphatic heterocycles. The van der Waals surface area contributed by atoms with Gasteiger partial charge in [0.2, 0.25) is 11.8 Å². The molecule has 0 radical (unpaired) electrons. The molecular formula is C25H31N3O3. The molecule has 0 bridgehead atoms. The van der Waals surface area contributed by atoms with Gasteiger partial charge in [-0.2, -0.15) is 0 Å². The number of amides is 2. The van der Waals surface area contributed by atoms with Crippen LogP contribution >= 0.6 is 0 Å². The Kier molecular flexibility index (Phi) is 6.97. The van der Waals surface area contributed by atoms with E-state index in [1.54, 1.807) is 0 Å². The van der Waals surface area contributed by atoms with Crippen LogP contribution in [0.5, 0.6) is 0 Å². The summed E-state index contributed by atoms with van der Waals surface area (Å²) >= 11 is 0. The van der Waals surface area contributed by atoms with E-state index in [9.17, 15) is 9.59 Å². The Morgan fingerprint density at radius 1 is 1.16 bits per heavy atom. The first-order valence-corrected chi connectivity index (χ1v) is 11.2. The predicted molar refractivity (Wildman–Crippen MR) is 119 cm³/mol. The van der Waals surface area contributed by atoms with Gasteiger partial charge in [0.25, 0.3) is 0 Å². The van der Waals surface area contributed by atoms with Crippen LogP contribution in [0.2, 0.25) is 0 Å². The lowest BCUT2D eigenvalue weighted by molar-refractivity contribution is -0.135. The highest BCUT2D eigenvalue weighted by molar-refractivity contribution is 5.78. The van der Waals surface area contributed by atoms with E-state index in [0.717, 1.165) is 43.7 Å². The molecule has 1 aromatic heterocycles. The molecule has 6 heteroatoms. The molecule has 0 saturated carbocycles. The molecule has 2 aliphatic rings. The van der Waals surface area contributed by atoms with E-state index in [1.165, 1.54) is 11.1 Å². The molecule has 1 atom stereocenters. The average molecular weight is 422 g/mol. The van der Waals surface area contributed by atoms with Crippen molar-refractivity contribution >= 4 is 11.8 Å². The molecule has 0 aliphatic carbocycles. The summed E-state index contributed by atoms with van der Waals surface area (Å²) in [5.41, 5.74) is 4.65. The maximum Gasteiger partial charge on any atom is 0.248 e. The first-order valence-electron chi connectivity index (χ1n) is 11.2. The monoisotopic (exact) mass is 421 g/mol. The van der Waals surface area contributed by atoms with Gasteiger partial charge in [-0.3, -0.25) is 14.6 Å². The number of pyridine rings is 1. The molecule has 0 N–H and O–H groups in total. The zero-order valence-corrected chi connectivity index (χ0v) is 18.3. The Morgan fingerprint density at radius 3 is 2.77 bits per heavy atom. The summed E-state index contributed by atoms with van der Waals surface area (Å²) in [7, 11) is 0. The molecule has 2 aromatic rings. The third kappa shape index (κ3) is 5.70. The largest absolute Gasteiger partial charge is 0.370 e. The van der Waals surface area contributed by atoms with Crippen molar-refractivity contribution < 1.29 is 14.3 Å². The Labute approximate surface area is 184 Å². The fourth-order valence-corrected chi connectivity index (χ4v) is 4.51. The van der Waals surface area contributed by atoms with Gasteiger partial charge in [-0.05, 0) is 49.4 Å². The van der Waals surface area contributed by atoms with Gasteiger partial charge in [-0.1, -0.05) is 30.3 Å². The quantitative estimate of drug-likeness (QED) is 0.615. The summed E-state index contributed by atoms with van der Waals surface area (Å²) in [6.45, 7) is 5.34. The zero-order chi connectivity index (χ0) is 21.6. The molecule has 4 rings (SSSR count). The standard InChI is InChI=1S/C25H31N3O3/c1-19-14-21(15-20-6-3-2-4-7-20)16-23(26-19)22-9-11-28(17-22)25(30)18-31-13-12-27-10-5-8-24(27)29/h2-4,6-7,14,16,22H,5,8-13,15,17-18H2,1H3/t22-/m1/s1. The van der Waals surface area contributed by atoms with Crippen molar-refractivity contribution in [2.45, 2.75) is 38.5 Å². The van der Waals surface area contributed by atoms with Crippen LogP contribution in [0.15, 0.2) is 42.5 Å². The number of carbonyl (C=O) groups excluding carboxylic acids is 2. The van der Waals surface area contributed by atoms with E-state index < -0.39 is 0 Å². The van der Waals surface area contributed by atoms with Gasteiger partial charge >= 0.3 is 0 Å². The number of carbonyl (C=O) groups is 2. The minimum Gasteiger partial charge on any atom is -0.370 e. The molecule has 6 nitrogen and oxygen atoms in total. The molecular weight excluding hydrogens is 390 g/mol. The highest BCUT2D eigenvalue weighted by atomic mass is 16.5. The lowest BCUT2D eigenvalue weighted by Crippen LogP contribution is -2.34. The van der Waals surface area contributed by atoms with Crippen LogP contribution in [-0.2, 0) is 20.7 Å². The molecule has 2 amide bonds. The number of rotatable bonds is 8. The normalized spacial score (nSPS) is 18.7. The Morgan fingerprint density at radius 2 is 2.00 bits per heavy atom. The van der Waals surface area contributed by atoms with Crippen molar-refractivity contribution in [3.63, 3.8) is 0 Å². The molecule has 2 fully saturated rings. The van der Waals surface area contributed by atoms with E-state index in [2.05, 4.69) is 36.4 Å². The molecule has 1 aromatic carbocycles. The van der Waals surface area contributed by atoms with Gasteiger partial charge < -0.3 is 14.5 Å². The SMILES string of the molecule is Cc1cc(Cc2ccccc2)cc([C@@H]2CCN(C(=O)COCCN3CCCC3=O)C2)n1. The van der Waals surface area contributed by atoms with Crippen molar-refractivity contribution in [2.24, 2.45) is 0 Å². The summed E-state index contributed by atoms with van der Waals surface area (Å²) < 4.78 is 5.56. The number of hydrogen-bond acceptors (Lipinski definition) is 4. The second-order valence-electron chi connectivity index (χ2n) is 8.57. The first kappa shape index (κ1) is 21.5. The first-order chi connectivity index (χ1) is 15.1. The molecule has 31 heavy (non-hydrogen) atoms. The number of likely N-dealkylation sites (tertiary alicyclic amines) is 2. The fourth-order valence-electron chi connectivity index (χ4n) is 4.51. The minimum absolute atomic E-state index is 0.0208. The van der Waals surface area contributed by atoms with Crippen LogP contribution in [0.25, 0.3) is 0 Å². The predicted octanol–water partition coefficient (Wildman–Crippen LogP) is 2.94. The van der Waals surface area contributed by atoms with Crippen molar-refractivity contribution in [3.8, 4) is 0 Å². The van der Waals surface area contributed by atoms with Crippen LogP contribution in [0.4, 0.5) is 0 Å². The fraction of sp³-hybridized carbons (Fsp3) is 0.480. The van der Waals surface area contributed by atoms with Crippen LogP contribution in [0.1, 0.15) is 47.7 Å². The maximum absolute atomic E-state index is 12.6. The van der Waals surface area contributed by atoms with Gasteiger partial charge in [-0.25, -0.2) is 0 Å². The minimum atomic E-state index is 0.0208. The summed E-state index contributed by atoms with van der Waals surface area (Å²) in [5.74, 6) is 0.475.